The molecule has 102 valence electrons. The Hall–Kier alpha value is -1.82. The first-order chi connectivity index (χ1) is 9.24. The molecule has 2 aliphatic rings. The fraction of sp³-hybridized carbons (Fsp3) is 0.538. The number of piperidine rings is 1. The fourth-order valence-corrected chi connectivity index (χ4v) is 2.73. The third-order valence-corrected chi connectivity index (χ3v) is 3.63. The van der Waals surface area contributed by atoms with Gasteiger partial charge in [-0.05, 0) is 49.9 Å². The number of nitro benzene ring substituents is 1. The van der Waals surface area contributed by atoms with Gasteiger partial charge in [0.25, 0.3) is 0 Å². The third-order valence-electron chi connectivity index (χ3n) is 3.63. The lowest BCUT2D eigenvalue weighted by molar-refractivity contribution is -0.385. The number of nitrogens with one attached hydrogen (secondary N) is 1. The Bertz CT molecular complexity index is 498. The third kappa shape index (κ3) is 2.49. The number of fused-ring (bicyclic) bond motifs is 1. The summed E-state index contributed by atoms with van der Waals surface area (Å²) in [5.74, 6) is 1.29. The minimum atomic E-state index is -0.407. The fourth-order valence-electron chi connectivity index (χ4n) is 2.73. The Morgan fingerprint density at radius 3 is 3.05 bits per heavy atom. The smallest absolute Gasteiger partial charge is 0.315 e. The topological polar surface area (TPSA) is 73.6 Å². The molecule has 1 aromatic rings. The van der Waals surface area contributed by atoms with Crippen LogP contribution < -0.4 is 14.8 Å². The largest absolute Gasteiger partial charge is 0.453 e. The quantitative estimate of drug-likeness (QED) is 0.666. The number of hydrogen-bond donors (Lipinski definition) is 1. The Balaban J connectivity index is 1.85. The van der Waals surface area contributed by atoms with Crippen LogP contribution in [0, 0.1) is 16.0 Å². The van der Waals surface area contributed by atoms with Crippen molar-refractivity contribution in [2.75, 3.05) is 19.9 Å². The zero-order chi connectivity index (χ0) is 13.2. The average molecular weight is 264 g/mol. The van der Waals surface area contributed by atoms with Crippen molar-refractivity contribution in [3.63, 3.8) is 0 Å². The van der Waals surface area contributed by atoms with E-state index in [1.165, 1.54) is 0 Å². The van der Waals surface area contributed by atoms with E-state index in [4.69, 9.17) is 9.47 Å². The summed E-state index contributed by atoms with van der Waals surface area (Å²) in [5, 5.41) is 14.4. The highest BCUT2D eigenvalue weighted by Crippen LogP contribution is 2.42. The maximum atomic E-state index is 11.1. The highest BCUT2D eigenvalue weighted by molar-refractivity contribution is 5.59. The molecule has 0 bridgehead atoms. The Morgan fingerprint density at radius 2 is 2.32 bits per heavy atom. The lowest BCUT2D eigenvalue weighted by atomic mass is 9.92. The van der Waals surface area contributed by atoms with E-state index in [0.717, 1.165) is 37.9 Å². The van der Waals surface area contributed by atoms with E-state index in [-0.39, 0.29) is 18.2 Å². The number of hydrogen-bond acceptors (Lipinski definition) is 5. The van der Waals surface area contributed by atoms with Crippen LogP contribution in [0.1, 0.15) is 18.4 Å². The van der Waals surface area contributed by atoms with Crippen LogP contribution in [0.5, 0.6) is 11.5 Å². The summed E-state index contributed by atoms with van der Waals surface area (Å²) >= 11 is 0. The normalized spacial score (nSPS) is 21.4. The minimum Gasteiger partial charge on any atom is -0.453 e. The molecule has 0 aromatic heterocycles. The van der Waals surface area contributed by atoms with Crippen molar-refractivity contribution in [1.82, 2.24) is 5.32 Å². The van der Waals surface area contributed by atoms with Crippen LogP contribution in [0.4, 0.5) is 5.69 Å². The van der Waals surface area contributed by atoms with E-state index in [0.29, 0.717) is 11.7 Å². The van der Waals surface area contributed by atoms with E-state index in [9.17, 15) is 10.1 Å². The maximum Gasteiger partial charge on any atom is 0.315 e. The van der Waals surface area contributed by atoms with Gasteiger partial charge in [0.2, 0.25) is 12.5 Å². The lowest BCUT2D eigenvalue weighted by Crippen LogP contribution is -2.30. The molecule has 6 nitrogen and oxygen atoms in total. The van der Waals surface area contributed by atoms with Gasteiger partial charge < -0.3 is 14.8 Å². The van der Waals surface area contributed by atoms with Gasteiger partial charge >= 0.3 is 5.69 Å². The van der Waals surface area contributed by atoms with Crippen molar-refractivity contribution >= 4 is 5.69 Å². The lowest BCUT2D eigenvalue weighted by Gasteiger charge is -2.22. The second-order valence-electron chi connectivity index (χ2n) is 5.02. The van der Waals surface area contributed by atoms with Crippen molar-refractivity contribution < 1.29 is 14.4 Å². The highest BCUT2D eigenvalue weighted by Gasteiger charge is 2.27. The molecule has 6 heteroatoms. The van der Waals surface area contributed by atoms with Gasteiger partial charge in [0.15, 0.2) is 5.75 Å². The summed E-state index contributed by atoms with van der Waals surface area (Å²) in [7, 11) is 0. The number of rotatable bonds is 3. The van der Waals surface area contributed by atoms with Crippen molar-refractivity contribution in [3.8, 4) is 11.5 Å². The number of nitrogens with zero attached hydrogens (tertiary/aromatic N) is 1. The molecule has 3 rings (SSSR count). The average Bonchev–Trinajstić information content (AvgIpc) is 2.87. The van der Waals surface area contributed by atoms with Crippen molar-refractivity contribution in [1.29, 1.82) is 0 Å². The summed E-state index contributed by atoms with van der Waals surface area (Å²) in [5.41, 5.74) is 0.957. The summed E-state index contributed by atoms with van der Waals surface area (Å²) in [6, 6.07) is 3.48. The monoisotopic (exact) mass is 264 g/mol. The van der Waals surface area contributed by atoms with Gasteiger partial charge in [-0.15, -0.1) is 0 Å². The molecule has 1 N–H and O–H groups in total. The molecule has 0 radical (unpaired) electrons. The number of ether oxygens (including phenoxy) is 2. The molecule has 0 spiro atoms. The first-order valence-electron chi connectivity index (χ1n) is 6.51. The summed E-state index contributed by atoms with van der Waals surface area (Å²) in [4.78, 5) is 10.7. The molecule has 2 aliphatic heterocycles. The van der Waals surface area contributed by atoms with Crippen LogP contribution in [0.2, 0.25) is 0 Å². The first kappa shape index (κ1) is 12.2. The van der Waals surface area contributed by atoms with Gasteiger partial charge in [0, 0.05) is 6.07 Å². The van der Waals surface area contributed by atoms with Gasteiger partial charge in [-0.3, -0.25) is 10.1 Å². The van der Waals surface area contributed by atoms with Crippen molar-refractivity contribution in [2.24, 2.45) is 5.92 Å². The molecule has 1 atom stereocenters. The van der Waals surface area contributed by atoms with Gasteiger partial charge in [-0.1, -0.05) is 0 Å². The molecule has 1 fully saturated rings. The van der Waals surface area contributed by atoms with Crippen LogP contribution in [0.3, 0.4) is 0 Å². The zero-order valence-electron chi connectivity index (χ0n) is 10.6. The molecule has 19 heavy (non-hydrogen) atoms. The van der Waals surface area contributed by atoms with E-state index in [1.54, 1.807) is 6.07 Å². The molecular formula is C13H16N2O4. The van der Waals surface area contributed by atoms with Crippen molar-refractivity contribution in [3.05, 3.63) is 27.8 Å². The Morgan fingerprint density at radius 1 is 1.42 bits per heavy atom. The van der Waals surface area contributed by atoms with E-state index in [1.807, 2.05) is 6.07 Å². The summed E-state index contributed by atoms with van der Waals surface area (Å²) < 4.78 is 10.4. The molecule has 0 amide bonds. The van der Waals surface area contributed by atoms with Crippen LogP contribution >= 0.6 is 0 Å². The maximum absolute atomic E-state index is 11.1. The SMILES string of the molecule is O=[N+]([O-])c1cc(CC2CCCNC2)cc2c1OCO2. The Kier molecular flexibility index (Phi) is 3.25. The van der Waals surface area contributed by atoms with Gasteiger partial charge in [-0.2, -0.15) is 0 Å². The standard InChI is InChI=1S/C13H16N2O4/c16-15(17)11-5-10(4-9-2-1-3-14-7-9)6-12-13(11)19-8-18-12/h5-6,9,14H,1-4,7-8H2. The summed E-state index contributed by atoms with van der Waals surface area (Å²) in [6.45, 7) is 2.10. The Labute approximate surface area is 110 Å². The predicted octanol–water partition coefficient (Wildman–Crippen LogP) is 1.87. The van der Waals surface area contributed by atoms with E-state index < -0.39 is 4.92 Å². The van der Waals surface area contributed by atoms with Crippen LogP contribution in [-0.2, 0) is 6.42 Å². The van der Waals surface area contributed by atoms with Crippen molar-refractivity contribution in [2.45, 2.75) is 19.3 Å². The van der Waals surface area contributed by atoms with Gasteiger partial charge in [-0.25, -0.2) is 0 Å². The molecule has 0 aliphatic carbocycles. The summed E-state index contributed by atoms with van der Waals surface area (Å²) in [6.07, 6.45) is 3.16. The molecule has 0 saturated carbocycles. The molecule has 1 saturated heterocycles. The minimum absolute atomic E-state index is 0.00812. The van der Waals surface area contributed by atoms with Crippen LogP contribution in [0.25, 0.3) is 0 Å². The van der Waals surface area contributed by atoms with E-state index >= 15 is 0 Å². The van der Waals surface area contributed by atoms with Gasteiger partial charge in [0.05, 0.1) is 4.92 Å². The molecule has 1 unspecified atom stereocenters. The van der Waals surface area contributed by atoms with Crippen LogP contribution in [-0.4, -0.2) is 24.8 Å². The first-order valence-corrected chi connectivity index (χ1v) is 6.51. The van der Waals surface area contributed by atoms with E-state index in [2.05, 4.69) is 5.32 Å². The molecule has 2 heterocycles. The highest BCUT2D eigenvalue weighted by atomic mass is 16.7. The van der Waals surface area contributed by atoms with Crippen LogP contribution in [0.15, 0.2) is 12.1 Å². The second kappa shape index (κ2) is 5.05. The number of benzene rings is 1. The second-order valence-corrected chi connectivity index (χ2v) is 5.02. The molecule has 1 aromatic carbocycles. The zero-order valence-corrected chi connectivity index (χ0v) is 10.6. The number of nitro groups is 1. The predicted molar refractivity (Wildman–Crippen MR) is 68.5 cm³/mol. The molecular weight excluding hydrogens is 248 g/mol. The van der Waals surface area contributed by atoms with Gasteiger partial charge in [0.1, 0.15) is 0 Å².